The highest BCUT2D eigenvalue weighted by Gasteiger charge is 2.10. The van der Waals surface area contributed by atoms with Gasteiger partial charge in [0.25, 0.3) is 0 Å². The summed E-state index contributed by atoms with van der Waals surface area (Å²) in [6.07, 6.45) is 0.389. The van der Waals surface area contributed by atoms with E-state index in [0.717, 1.165) is 14.7 Å². The molecule has 0 radical (unpaired) electrons. The van der Waals surface area contributed by atoms with Gasteiger partial charge in [0.2, 0.25) is 0 Å². The molecule has 0 bridgehead atoms. The van der Waals surface area contributed by atoms with Gasteiger partial charge in [-0.1, -0.05) is 41.9 Å². The third-order valence-electron chi connectivity index (χ3n) is 2.43. The molecular weight excluding hydrogens is 347 g/mol. The van der Waals surface area contributed by atoms with Crippen LogP contribution in [0.5, 0.6) is 0 Å². The summed E-state index contributed by atoms with van der Waals surface area (Å²) in [5.41, 5.74) is 1.72. The molecule has 0 aromatic heterocycles. The zero-order valence-corrected chi connectivity index (χ0v) is 11.9. The number of ketones is 1. The topological polar surface area (TPSA) is 17.1 Å². The van der Waals surface area contributed by atoms with Crippen molar-refractivity contribution < 1.29 is 4.79 Å². The molecule has 0 fully saturated rings. The van der Waals surface area contributed by atoms with E-state index in [1.54, 1.807) is 0 Å². The van der Waals surface area contributed by atoms with E-state index in [4.69, 9.17) is 11.6 Å². The minimum atomic E-state index is 0.122. The van der Waals surface area contributed by atoms with Crippen LogP contribution in [0.4, 0.5) is 0 Å². The van der Waals surface area contributed by atoms with Gasteiger partial charge in [-0.25, -0.2) is 0 Å². The molecule has 0 atom stereocenters. The third kappa shape index (κ3) is 3.30. The Balaban J connectivity index is 2.20. The van der Waals surface area contributed by atoms with Crippen molar-refractivity contribution >= 4 is 40.0 Å². The lowest BCUT2D eigenvalue weighted by molar-refractivity contribution is 0.0992. The Hall–Kier alpha value is -0.870. The Morgan fingerprint density at radius 1 is 1.12 bits per heavy atom. The number of rotatable bonds is 3. The molecule has 0 aliphatic heterocycles. The molecule has 0 unspecified atom stereocenters. The number of benzene rings is 2. The van der Waals surface area contributed by atoms with Crippen molar-refractivity contribution in [3.05, 3.63) is 68.3 Å². The van der Waals surface area contributed by atoms with Crippen LogP contribution in [-0.2, 0) is 6.42 Å². The summed E-state index contributed by atoms with van der Waals surface area (Å²) < 4.78 is 0.983. The lowest BCUT2D eigenvalue weighted by Crippen LogP contribution is -2.05. The van der Waals surface area contributed by atoms with Crippen molar-refractivity contribution in [2.45, 2.75) is 6.42 Å². The van der Waals surface area contributed by atoms with Crippen LogP contribution in [0.25, 0.3) is 0 Å². The van der Waals surface area contributed by atoms with E-state index >= 15 is 0 Å². The van der Waals surface area contributed by atoms with Crippen molar-refractivity contribution in [3.63, 3.8) is 0 Å². The molecule has 0 saturated heterocycles. The zero-order chi connectivity index (χ0) is 12.3. The van der Waals surface area contributed by atoms with Crippen LogP contribution in [0.15, 0.2) is 48.5 Å². The largest absolute Gasteiger partial charge is 0.294 e. The second-order valence-electron chi connectivity index (χ2n) is 3.71. The van der Waals surface area contributed by atoms with Gasteiger partial charge in [0, 0.05) is 20.6 Å². The van der Waals surface area contributed by atoms with Crippen LogP contribution in [0.2, 0.25) is 5.02 Å². The molecular formula is C14H10ClIO. The Morgan fingerprint density at radius 3 is 2.59 bits per heavy atom. The van der Waals surface area contributed by atoms with Gasteiger partial charge in [0.1, 0.15) is 0 Å². The summed E-state index contributed by atoms with van der Waals surface area (Å²) in [7, 11) is 0. The standard InChI is InChI=1S/C14H10ClIO/c15-11-5-3-4-10(8-11)9-14(17)12-6-1-2-7-13(12)16/h1-8H,9H2. The first kappa shape index (κ1) is 12.6. The lowest BCUT2D eigenvalue weighted by Gasteiger charge is -2.04. The molecule has 3 heteroatoms. The maximum absolute atomic E-state index is 12.1. The fourth-order valence-electron chi connectivity index (χ4n) is 1.61. The molecule has 2 rings (SSSR count). The number of carbonyl (C=O) groups is 1. The first-order valence-electron chi connectivity index (χ1n) is 5.19. The fourth-order valence-corrected chi connectivity index (χ4v) is 2.52. The van der Waals surface area contributed by atoms with Crippen LogP contribution in [0.1, 0.15) is 15.9 Å². The van der Waals surface area contributed by atoms with E-state index in [1.807, 2.05) is 48.5 Å². The molecule has 2 aromatic carbocycles. The van der Waals surface area contributed by atoms with Crippen LogP contribution in [0, 0.1) is 3.57 Å². The van der Waals surface area contributed by atoms with Gasteiger partial charge >= 0.3 is 0 Å². The predicted molar refractivity (Wildman–Crippen MR) is 78.6 cm³/mol. The fraction of sp³-hybridized carbons (Fsp3) is 0.0714. The van der Waals surface area contributed by atoms with E-state index in [-0.39, 0.29) is 5.78 Å². The summed E-state index contributed by atoms with van der Waals surface area (Å²) in [6, 6.07) is 15.0. The van der Waals surface area contributed by atoms with E-state index < -0.39 is 0 Å². The molecule has 17 heavy (non-hydrogen) atoms. The molecule has 0 aliphatic carbocycles. The molecule has 86 valence electrons. The van der Waals surface area contributed by atoms with Crippen molar-refractivity contribution in [2.75, 3.05) is 0 Å². The molecule has 0 N–H and O–H groups in total. The summed E-state index contributed by atoms with van der Waals surface area (Å²) in [5.74, 6) is 0.122. The van der Waals surface area contributed by atoms with E-state index in [1.165, 1.54) is 0 Å². The van der Waals surface area contributed by atoms with Gasteiger partial charge in [0.15, 0.2) is 5.78 Å². The van der Waals surface area contributed by atoms with Crippen molar-refractivity contribution in [2.24, 2.45) is 0 Å². The highest BCUT2D eigenvalue weighted by molar-refractivity contribution is 14.1. The average molecular weight is 357 g/mol. The third-order valence-corrected chi connectivity index (χ3v) is 3.60. The Kier molecular flexibility index (Phi) is 4.18. The number of hydrogen-bond donors (Lipinski definition) is 0. The van der Waals surface area contributed by atoms with Crippen LogP contribution >= 0.6 is 34.2 Å². The first-order valence-corrected chi connectivity index (χ1v) is 6.64. The normalized spacial score (nSPS) is 10.2. The van der Waals surface area contributed by atoms with Crippen LogP contribution in [0.3, 0.4) is 0 Å². The van der Waals surface area contributed by atoms with Gasteiger partial charge in [-0.3, -0.25) is 4.79 Å². The predicted octanol–water partition coefficient (Wildman–Crippen LogP) is 4.37. The molecule has 0 spiro atoms. The zero-order valence-electron chi connectivity index (χ0n) is 8.99. The lowest BCUT2D eigenvalue weighted by atomic mass is 10.0. The molecule has 2 aromatic rings. The Morgan fingerprint density at radius 2 is 1.88 bits per heavy atom. The highest BCUT2D eigenvalue weighted by Crippen LogP contribution is 2.16. The van der Waals surface area contributed by atoms with Gasteiger partial charge in [0.05, 0.1) is 0 Å². The number of hydrogen-bond acceptors (Lipinski definition) is 1. The van der Waals surface area contributed by atoms with Crippen molar-refractivity contribution in [3.8, 4) is 0 Å². The molecule has 0 amide bonds. The van der Waals surface area contributed by atoms with E-state index in [0.29, 0.717) is 11.4 Å². The monoisotopic (exact) mass is 356 g/mol. The SMILES string of the molecule is O=C(Cc1cccc(Cl)c1)c1ccccc1I. The van der Waals surface area contributed by atoms with E-state index in [2.05, 4.69) is 22.6 Å². The summed E-state index contributed by atoms with van der Waals surface area (Å²) in [5, 5.41) is 0.665. The maximum Gasteiger partial charge on any atom is 0.168 e. The first-order chi connectivity index (χ1) is 8.16. The molecule has 0 heterocycles. The molecule has 0 aliphatic rings. The quantitative estimate of drug-likeness (QED) is 0.589. The highest BCUT2D eigenvalue weighted by atomic mass is 127. The number of carbonyl (C=O) groups excluding carboxylic acids is 1. The molecule has 1 nitrogen and oxygen atoms in total. The second-order valence-corrected chi connectivity index (χ2v) is 5.31. The summed E-state index contributed by atoms with van der Waals surface area (Å²) in [6.45, 7) is 0. The number of halogens is 2. The van der Waals surface area contributed by atoms with Crippen LogP contribution in [-0.4, -0.2) is 5.78 Å². The van der Waals surface area contributed by atoms with Gasteiger partial charge < -0.3 is 0 Å². The number of Topliss-reactive ketones (excluding diaryl/α,β-unsaturated/α-hetero) is 1. The maximum atomic E-state index is 12.1. The van der Waals surface area contributed by atoms with Gasteiger partial charge in [-0.15, -0.1) is 0 Å². The van der Waals surface area contributed by atoms with Gasteiger partial charge in [-0.05, 0) is 46.4 Å². The minimum absolute atomic E-state index is 0.122. The van der Waals surface area contributed by atoms with Crippen molar-refractivity contribution in [1.82, 2.24) is 0 Å². The van der Waals surface area contributed by atoms with E-state index in [9.17, 15) is 4.79 Å². The summed E-state index contributed by atoms with van der Waals surface area (Å²) >= 11 is 8.07. The Labute approximate surface area is 119 Å². The molecule has 0 saturated carbocycles. The Bertz CT molecular complexity index is 551. The second kappa shape index (κ2) is 5.65. The average Bonchev–Trinajstić information content (AvgIpc) is 2.29. The van der Waals surface area contributed by atoms with Crippen LogP contribution < -0.4 is 0 Å². The van der Waals surface area contributed by atoms with Gasteiger partial charge in [-0.2, -0.15) is 0 Å². The smallest absolute Gasteiger partial charge is 0.168 e. The summed E-state index contributed by atoms with van der Waals surface area (Å²) in [4.78, 5) is 12.1. The minimum Gasteiger partial charge on any atom is -0.294 e. The van der Waals surface area contributed by atoms with Crippen molar-refractivity contribution in [1.29, 1.82) is 0 Å².